The molecule has 3 aromatic rings. The molecule has 1 saturated carbocycles. The summed E-state index contributed by atoms with van der Waals surface area (Å²) in [5.41, 5.74) is 3.30. The third kappa shape index (κ3) is 3.75. The highest BCUT2D eigenvalue weighted by molar-refractivity contribution is 5.98. The highest BCUT2D eigenvalue weighted by Gasteiger charge is 2.45. The van der Waals surface area contributed by atoms with Crippen molar-refractivity contribution >= 4 is 22.8 Å². The number of likely N-dealkylation sites (tertiary alicyclic amines) is 2. The minimum Gasteiger partial charge on any atom is -0.340 e. The zero-order valence-electron chi connectivity index (χ0n) is 19.7. The van der Waals surface area contributed by atoms with Gasteiger partial charge in [-0.15, -0.1) is 0 Å². The van der Waals surface area contributed by atoms with Crippen molar-refractivity contribution in [1.29, 1.82) is 0 Å². The predicted molar refractivity (Wildman–Crippen MR) is 133 cm³/mol. The van der Waals surface area contributed by atoms with Gasteiger partial charge >= 0.3 is 6.03 Å². The van der Waals surface area contributed by atoms with Crippen LogP contribution in [0.15, 0.2) is 60.7 Å². The molecule has 0 bridgehead atoms. The quantitative estimate of drug-likeness (QED) is 0.636. The van der Waals surface area contributed by atoms with Crippen LogP contribution in [0.4, 0.5) is 4.79 Å². The molecule has 34 heavy (non-hydrogen) atoms. The van der Waals surface area contributed by atoms with Crippen LogP contribution in [0.25, 0.3) is 10.9 Å². The van der Waals surface area contributed by atoms with Crippen LogP contribution in [0.2, 0.25) is 0 Å². The number of benzene rings is 2. The summed E-state index contributed by atoms with van der Waals surface area (Å²) in [6, 6.07) is 20.9. The summed E-state index contributed by atoms with van der Waals surface area (Å²) in [7, 11) is 1.97. The Morgan fingerprint density at radius 2 is 1.59 bits per heavy atom. The number of nitrogens with one attached hydrogen (secondary N) is 1. The molecule has 0 radical (unpaired) electrons. The number of carbonyl (C=O) groups excluding carboxylic acids is 2. The number of fused-ring (bicyclic) bond motifs is 1. The van der Waals surface area contributed by atoms with Gasteiger partial charge in [0.25, 0.3) is 5.91 Å². The van der Waals surface area contributed by atoms with Crippen LogP contribution in [0.1, 0.15) is 47.7 Å². The lowest BCUT2D eigenvalue weighted by Gasteiger charge is -2.39. The van der Waals surface area contributed by atoms with Crippen molar-refractivity contribution in [3.05, 3.63) is 71.9 Å². The first-order valence-corrected chi connectivity index (χ1v) is 12.5. The number of hydrogen-bond donors (Lipinski definition) is 1. The van der Waals surface area contributed by atoms with E-state index in [-0.39, 0.29) is 23.4 Å². The van der Waals surface area contributed by atoms with Crippen molar-refractivity contribution in [3.63, 3.8) is 0 Å². The fraction of sp³-hybridized carbons (Fsp3) is 0.429. The summed E-state index contributed by atoms with van der Waals surface area (Å²) < 4.78 is 2.00. The Kier molecular flexibility index (Phi) is 5.12. The maximum atomic E-state index is 13.3. The molecule has 1 aliphatic carbocycles. The topological polar surface area (TPSA) is 57.6 Å². The van der Waals surface area contributed by atoms with Crippen LogP contribution in [-0.4, -0.2) is 58.5 Å². The summed E-state index contributed by atoms with van der Waals surface area (Å²) in [5, 5.41) is 4.35. The van der Waals surface area contributed by atoms with Gasteiger partial charge in [0, 0.05) is 56.1 Å². The standard InChI is InChI=1S/C28H32N4O2/c1-30-24-10-6-5-9-21(24)17-25(30)26(33)31-14-11-28(12-15-31)13-16-32(19-28)27(34)29-23-18-22(23)20-7-3-2-4-8-20/h2-10,17,22-23H,11-16,18-19H2,1H3,(H,29,34). The van der Waals surface area contributed by atoms with Crippen molar-refractivity contribution in [2.24, 2.45) is 12.5 Å². The number of aromatic nitrogens is 1. The van der Waals surface area contributed by atoms with Crippen LogP contribution in [0.5, 0.6) is 0 Å². The average molecular weight is 457 g/mol. The molecule has 1 spiro atoms. The van der Waals surface area contributed by atoms with Gasteiger partial charge in [-0.2, -0.15) is 0 Å². The Hall–Kier alpha value is -3.28. The normalized spacial score (nSPS) is 23.4. The molecule has 1 N–H and O–H groups in total. The summed E-state index contributed by atoms with van der Waals surface area (Å²) in [6.07, 6.45) is 3.98. The van der Waals surface area contributed by atoms with E-state index in [1.807, 2.05) is 45.7 Å². The van der Waals surface area contributed by atoms with Crippen molar-refractivity contribution in [2.45, 2.75) is 37.6 Å². The molecule has 3 amide bonds. The second-order valence-electron chi connectivity index (χ2n) is 10.4. The predicted octanol–water partition coefficient (Wildman–Crippen LogP) is 4.37. The summed E-state index contributed by atoms with van der Waals surface area (Å²) in [4.78, 5) is 30.2. The van der Waals surface area contributed by atoms with Gasteiger partial charge in [-0.25, -0.2) is 4.79 Å². The van der Waals surface area contributed by atoms with Crippen LogP contribution in [0, 0.1) is 5.41 Å². The molecule has 176 valence electrons. The number of hydrogen-bond acceptors (Lipinski definition) is 2. The number of urea groups is 1. The van der Waals surface area contributed by atoms with E-state index >= 15 is 0 Å². The molecule has 6 rings (SSSR count). The zero-order valence-corrected chi connectivity index (χ0v) is 19.7. The fourth-order valence-corrected chi connectivity index (χ4v) is 6.03. The molecule has 6 nitrogen and oxygen atoms in total. The minimum atomic E-state index is 0.0781. The highest BCUT2D eigenvalue weighted by atomic mass is 16.2. The summed E-state index contributed by atoms with van der Waals surface area (Å²) in [5.74, 6) is 0.562. The van der Waals surface area contributed by atoms with Crippen molar-refractivity contribution in [3.8, 4) is 0 Å². The number of para-hydroxylation sites is 1. The third-order valence-electron chi connectivity index (χ3n) is 8.33. The van der Waals surface area contributed by atoms with Crippen molar-refractivity contribution in [2.75, 3.05) is 26.2 Å². The number of aryl methyl sites for hydroxylation is 1. The first kappa shape index (κ1) is 21.3. The molecule has 6 heteroatoms. The molecule has 2 saturated heterocycles. The lowest BCUT2D eigenvalue weighted by atomic mass is 9.77. The zero-order chi connectivity index (χ0) is 23.3. The van der Waals surface area contributed by atoms with Gasteiger partial charge in [0.05, 0.1) is 0 Å². The molecule has 2 unspecified atom stereocenters. The molecule has 3 fully saturated rings. The minimum absolute atomic E-state index is 0.0781. The van der Waals surface area contributed by atoms with E-state index in [9.17, 15) is 9.59 Å². The Morgan fingerprint density at radius 3 is 2.32 bits per heavy atom. The summed E-state index contributed by atoms with van der Waals surface area (Å²) >= 11 is 0. The van der Waals surface area contributed by atoms with Gasteiger partial charge in [0.2, 0.25) is 0 Å². The number of rotatable bonds is 3. The largest absolute Gasteiger partial charge is 0.340 e. The maximum Gasteiger partial charge on any atom is 0.317 e. The first-order chi connectivity index (χ1) is 16.5. The van der Waals surface area contributed by atoms with Crippen LogP contribution < -0.4 is 5.32 Å². The van der Waals surface area contributed by atoms with E-state index in [0.717, 1.165) is 68.5 Å². The molecular formula is C28H32N4O2. The van der Waals surface area contributed by atoms with Crippen LogP contribution in [0.3, 0.4) is 0 Å². The lowest BCUT2D eigenvalue weighted by Crippen LogP contribution is -2.46. The van der Waals surface area contributed by atoms with Gasteiger partial charge in [-0.3, -0.25) is 4.79 Å². The molecular weight excluding hydrogens is 424 g/mol. The van der Waals surface area contributed by atoms with Crippen molar-refractivity contribution < 1.29 is 9.59 Å². The van der Waals surface area contributed by atoms with Gasteiger partial charge in [-0.1, -0.05) is 48.5 Å². The van der Waals surface area contributed by atoms with Gasteiger partial charge in [0.15, 0.2) is 0 Å². The van der Waals surface area contributed by atoms with E-state index in [0.29, 0.717) is 5.92 Å². The third-order valence-corrected chi connectivity index (χ3v) is 8.33. The SMILES string of the molecule is Cn1c(C(=O)N2CCC3(CCN(C(=O)NC4CC4c4ccccc4)C3)CC2)cc2ccccc21. The summed E-state index contributed by atoms with van der Waals surface area (Å²) in [6.45, 7) is 3.13. The van der Waals surface area contributed by atoms with Crippen LogP contribution in [-0.2, 0) is 7.05 Å². The van der Waals surface area contributed by atoms with E-state index in [4.69, 9.17) is 0 Å². The molecule has 2 aromatic carbocycles. The molecule has 3 heterocycles. The lowest BCUT2D eigenvalue weighted by molar-refractivity contribution is 0.0585. The van der Waals surface area contributed by atoms with Gasteiger partial charge < -0.3 is 19.7 Å². The van der Waals surface area contributed by atoms with E-state index in [1.54, 1.807) is 0 Å². The Morgan fingerprint density at radius 1 is 0.912 bits per heavy atom. The second kappa shape index (κ2) is 8.19. The Bertz CT molecular complexity index is 1230. The Balaban J connectivity index is 1.04. The fourth-order valence-electron chi connectivity index (χ4n) is 6.03. The van der Waals surface area contributed by atoms with Crippen LogP contribution >= 0.6 is 0 Å². The molecule has 1 aromatic heterocycles. The second-order valence-corrected chi connectivity index (χ2v) is 10.4. The number of nitrogens with zero attached hydrogens (tertiary/aromatic N) is 3. The van der Waals surface area contributed by atoms with E-state index < -0.39 is 0 Å². The van der Waals surface area contributed by atoms with Crippen molar-refractivity contribution in [1.82, 2.24) is 19.7 Å². The first-order valence-electron chi connectivity index (χ1n) is 12.5. The molecule has 2 atom stereocenters. The van der Waals surface area contributed by atoms with Gasteiger partial charge in [0.1, 0.15) is 5.69 Å². The van der Waals surface area contributed by atoms with E-state index in [2.05, 4.69) is 41.7 Å². The Labute approximate surface area is 200 Å². The van der Waals surface area contributed by atoms with Gasteiger partial charge in [-0.05, 0) is 48.8 Å². The highest BCUT2D eigenvalue weighted by Crippen LogP contribution is 2.43. The number of carbonyl (C=O) groups is 2. The molecule has 2 aliphatic heterocycles. The average Bonchev–Trinajstić information content (AvgIpc) is 3.39. The number of piperidine rings is 1. The smallest absolute Gasteiger partial charge is 0.317 e. The molecule has 3 aliphatic rings. The monoisotopic (exact) mass is 456 g/mol. The number of amides is 3. The van der Waals surface area contributed by atoms with E-state index in [1.165, 1.54) is 5.56 Å². The maximum absolute atomic E-state index is 13.3.